The SMILES string of the molecule is CCCOc1cncc(-c2nc(C(F)(F)F)n3c2CNCC3)c1. The zero-order valence-electron chi connectivity index (χ0n) is 12.7. The minimum atomic E-state index is -4.48. The van der Waals surface area contributed by atoms with Gasteiger partial charge in [0.1, 0.15) is 5.75 Å². The van der Waals surface area contributed by atoms with Crippen molar-refractivity contribution in [1.82, 2.24) is 19.9 Å². The predicted molar refractivity (Wildman–Crippen MR) is 78.0 cm³/mol. The molecule has 1 aliphatic heterocycles. The first-order chi connectivity index (χ1) is 11.0. The molecule has 1 aliphatic rings. The summed E-state index contributed by atoms with van der Waals surface area (Å²) in [7, 11) is 0. The average Bonchev–Trinajstić information content (AvgIpc) is 2.93. The van der Waals surface area contributed by atoms with E-state index < -0.39 is 12.0 Å². The van der Waals surface area contributed by atoms with Crippen LogP contribution in [0.15, 0.2) is 18.5 Å². The maximum atomic E-state index is 13.2. The van der Waals surface area contributed by atoms with Crippen LogP contribution in [-0.4, -0.2) is 27.7 Å². The third kappa shape index (κ3) is 3.17. The molecule has 0 saturated heterocycles. The highest BCUT2D eigenvalue weighted by molar-refractivity contribution is 5.63. The van der Waals surface area contributed by atoms with Crippen LogP contribution < -0.4 is 10.1 Å². The number of hydrogen-bond acceptors (Lipinski definition) is 4. The van der Waals surface area contributed by atoms with E-state index in [0.717, 1.165) is 6.42 Å². The number of rotatable bonds is 4. The molecule has 3 rings (SSSR count). The zero-order valence-corrected chi connectivity index (χ0v) is 12.7. The molecule has 1 N–H and O–H groups in total. The Morgan fingerprint density at radius 3 is 2.91 bits per heavy atom. The summed E-state index contributed by atoms with van der Waals surface area (Å²) in [5.41, 5.74) is 1.36. The first-order valence-electron chi connectivity index (χ1n) is 7.46. The van der Waals surface area contributed by atoms with E-state index in [1.165, 1.54) is 10.8 Å². The van der Waals surface area contributed by atoms with Gasteiger partial charge in [0.05, 0.1) is 24.2 Å². The molecule has 0 atom stereocenters. The van der Waals surface area contributed by atoms with Crippen molar-refractivity contribution in [3.63, 3.8) is 0 Å². The lowest BCUT2D eigenvalue weighted by atomic mass is 10.1. The van der Waals surface area contributed by atoms with Gasteiger partial charge < -0.3 is 14.6 Å². The van der Waals surface area contributed by atoms with Gasteiger partial charge in [-0.3, -0.25) is 4.98 Å². The van der Waals surface area contributed by atoms with Crippen molar-refractivity contribution in [2.24, 2.45) is 0 Å². The molecule has 3 heterocycles. The molecule has 0 radical (unpaired) electrons. The van der Waals surface area contributed by atoms with Gasteiger partial charge >= 0.3 is 6.18 Å². The van der Waals surface area contributed by atoms with Crippen molar-refractivity contribution >= 4 is 0 Å². The summed E-state index contributed by atoms with van der Waals surface area (Å²) in [6.07, 6.45) is -0.582. The number of pyridine rings is 1. The molecule has 0 unspecified atom stereocenters. The van der Waals surface area contributed by atoms with Gasteiger partial charge in [0.25, 0.3) is 0 Å². The largest absolute Gasteiger partial charge is 0.492 e. The first-order valence-corrected chi connectivity index (χ1v) is 7.46. The van der Waals surface area contributed by atoms with Crippen LogP contribution in [0.4, 0.5) is 13.2 Å². The summed E-state index contributed by atoms with van der Waals surface area (Å²) in [6.45, 7) is 3.59. The van der Waals surface area contributed by atoms with E-state index >= 15 is 0 Å². The van der Waals surface area contributed by atoms with Crippen molar-refractivity contribution in [3.8, 4) is 17.0 Å². The van der Waals surface area contributed by atoms with E-state index in [1.54, 1.807) is 12.3 Å². The molecular formula is C15H17F3N4O. The Morgan fingerprint density at radius 1 is 1.35 bits per heavy atom. The summed E-state index contributed by atoms with van der Waals surface area (Å²) in [4.78, 5) is 7.92. The Morgan fingerprint density at radius 2 is 2.17 bits per heavy atom. The lowest BCUT2D eigenvalue weighted by Gasteiger charge is -2.19. The zero-order chi connectivity index (χ0) is 16.4. The van der Waals surface area contributed by atoms with Crippen LogP contribution in [0.2, 0.25) is 0 Å². The lowest BCUT2D eigenvalue weighted by Crippen LogP contribution is -2.30. The number of hydrogen-bond donors (Lipinski definition) is 1. The van der Waals surface area contributed by atoms with E-state index in [4.69, 9.17) is 4.74 Å². The minimum Gasteiger partial charge on any atom is -0.492 e. The minimum absolute atomic E-state index is 0.247. The van der Waals surface area contributed by atoms with Gasteiger partial charge in [-0.05, 0) is 12.5 Å². The number of aromatic nitrogens is 3. The number of ether oxygens (including phenoxy) is 1. The Labute approximate surface area is 131 Å². The summed E-state index contributed by atoms with van der Waals surface area (Å²) >= 11 is 0. The van der Waals surface area contributed by atoms with Gasteiger partial charge in [-0.1, -0.05) is 6.92 Å². The number of fused-ring (bicyclic) bond motifs is 1. The van der Waals surface area contributed by atoms with Gasteiger partial charge in [0.15, 0.2) is 0 Å². The normalized spacial score (nSPS) is 14.6. The number of nitrogens with zero attached hydrogens (tertiary/aromatic N) is 3. The molecule has 0 fully saturated rings. The fourth-order valence-corrected chi connectivity index (χ4v) is 2.60. The molecule has 5 nitrogen and oxygen atoms in total. The topological polar surface area (TPSA) is 52.0 Å². The monoisotopic (exact) mass is 326 g/mol. The highest BCUT2D eigenvalue weighted by Crippen LogP contribution is 2.35. The van der Waals surface area contributed by atoms with Crippen molar-refractivity contribution in [3.05, 3.63) is 30.0 Å². The molecule has 0 aromatic carbocycles. The van der Waals surface area contributed by atoms with Crippen LogP contribution in [0.1, 0.15) is 24.9 Å². The standard InChI is InChI=1S/C15H17F3N4O/c1-2-5-23-11-6-10(7-20-8-11)13-12-9-19-3-4-22(12)14(21-13)15(16,17)18/h6-8,19H,2-5,9H2,1H3. The molecule has 0 spiro atoms. The molecule has 2 aromatic heterocycles. The van der Waals surface area contributed by atoms with E-state index in [-0.39, 0.29) is 6.54 Å². The van der Waals surface area contributed by atoms with Gasteiger partial charge in [0.2, 0.25) is 5.82 Å². The fourth-order valence-electron chi connectivity index (χ4n) is 2.60. The second-order valence-electron chi connectivity index (χ2n) is 5.31. The molecule has 0 bridgehead atoms. The van der Waals surface area contributed by atoms with Crippen molar-refractivity contribution in [2.75, 3.05) is 13.2 Å². The van der Waals surface area contributed by atoms with Crippen LogP contribution in [0.3, 0.4) is 0 Å². The summed E-state index contributed by atoms with van der Waals surface area (Å²) in [5, 5.41) is 3.08. The number of alkyl halides is 3. The molecule has 0 amide bonds. The van der Waals surface area contributed by atoms with Gasteiger partial charge in [-0.2, -0.15) is 13.2 Å². The second-order valence-corrected chi connectivity index (χ2v) is 5.31. The van der Waals surface area contributed by atoms with Crippen molar-refractivity contribution < 1.29 is 17.9 Å². The third-order valence-corrected chi connectivity index (χ3v) is 3.59. The van der Waals surface area contributed by atoms with Crippen molar-refractivity contribution in [1.29, 1.82) is 0 Å². The predicted octanol–water partition coefficient (Wildman–Crippen LogP) is 2.86. The van der Waals surface area contributed by atoms with Crippen molar-refractivity contribution in [2.45, 2.75) is 32.6 Å². The summed E-state index contributed by atoms with van der Waals surface area (Å²) in [6, 6.07) is 1.68. The summed E-state index contributed by atoms with van der Waals surface area (Å²) < 4.78 is 46.4. The van der Waals surface area contributed by atoms with Gasteiger partial charge in [-0.15, -0.1) is 0 Å². The van der Waals surface area contributed by atoms with Crippen LogP contribution in [0, 0.1) is 0 Å². The molecule has 8 heteroatoms. The molecule has 0 aliphatic carbocycles. The fraction of sp³-hybridized carbons (Fsp3) is 0.467. The molecular weight excluding hydrogens is 309 g/mol. The highest BCUT2D eigenvalue weighted by atomic mass is 19.4. The molecule has 124 valence electrons. The number of imidazole rings is 1. The van der Waals surface area contributed by atoms with Crippen LogP contribution in [0.5, 0.6) is 5.75 Å². The smallest absolute Gasteiger partial charge is 0.449 e. The van der Waals surface area contributed by atoms with E-state index in [9.17, 15) is 13.2 Å². The van der Waals surface area contributed by atoms with E-state index in [2.05, 4.69) is 15.3 Å². The number of nitrogens with one attached hydrogen (secondary N) is 1. The first kappa shape index (κ1) is 15.8. The van der Waals surface area contributed by atoms with Crippen LogP contribution in [0.25, 0.3) is 11.3 Å². The lowest BCUT2D eigenvalue weighted by molar-refractivity contribution is -0.147. The van der Waals surface area contributed by atoms with Gasteiger partial charge in [-0.25, -0.2) is 4.98 Å². The molecule has 23 heavy (non-hydrogen) atoms. The maximum absolute atomic E-state index is 13.2. The van der Waals surface area contributed by atoms with Crippen LogP contribution >= 0.6 is 0 Å². The highest BCUT2D eigenvalue weighted by Gasteiger charge is 2.39. The molecule has 0 saturated carbocycles. The Hall–Kier alpha value is -2.09. The van der Waals surface area contributed by atoms with Crippen LogP contribution in [-0.2, 0) is 19.3 Å². The Kier molecular flexibility index (Phi) is 4.25. The van der Waals surface area contributed by atoms with Gasteiger partial charge in [0, 0.05) is 31.4 Å². The average molecular weight is 326 g/mol. The third-order valence-electron chi connectivity index (χ3n) is 3.59. The maximum Gasteiger partial charge on any atom is 0.449 e. The van der Waals surface area contributed by atoms with E-state index in [0.29, 0.717) is 42.4 Å². The number of halogens is 3. The Bertz CT molecular complexity index is 697. The van der Waals surface area contributed by atoms with E-state index in [1.807, 2.05) is 6.92 Å². The second kappa shape index (κ2) is 6.19. The molecule has 2 aromatic rings. The Balaban J connectivity index is 2.04. The quantitative estimate of drug-likeness (QED) is 0.939. The summed E-state index contributed by atoms with van der Waals surface area (Å²) in [5.74, 6) is -0.327.